The van der Waals surface area contributed by atoms with Gasteiger partial charge >= 0.3 is 0 Å². The Hall–Kier alpha value is -1.68. The molecular formula is C16H22N4. The molecule has 0 spiro atoms. The largest absolute Gasteiger partial charge is 0.308 e. The molecule has 1 saturated carbocycles. The zero-order valence-corrected chi connectivity index (χ0v) is 12.4. The Morgan fingerprint density at radius 1 is 1.20 bits per heavy atom. The van der Waals surface area contributed by atoms with Crippen LogP contribution in [0.25, 0.3) is 5.69 Å². The van der Waals surface area contributed by atoms with Crippen LogP contribution in [0.2, 0.25) is 0 Å². The normalized spacial score (nSPS) is 15.6. The van der Waals surface area contributed by atoms with E-state index < -0.39 is 0 Å². The first kappa shape index (κ1) is 13.3. The van der Waals surface area contributed by atoms with Gasteiger partial charge in [0.15, 0.2) is 0 Å². The molecule has 4 heteroatoms. The Morgan fingerprint density at radius 2 is 1.90 bits per heavy atom. The minimum atomic E-state index is 0.178. The summed E-state index contributed by atoms with van der Waals surface area (Å²) >= 11 is 0. The highest BCUT2D eigenvalue weighted by atomic mass is 15.4. The second-order valence-electron chi connectivity index (χ2n) is 6.59. The number of aromatic nitrogens is 3. The van der Waals surface area contributed by atoms with Gasteiger partial charge in [-0.3, -0.25) is 0 Å². The molecule has 1 aliphatic rings. The lowest BCUT2D eigenvalue weighted by atomic mass is 9.87. The van der Waals surface area contributed by atoms with Crippen LogP contribution in [0.3, 0.4) is 0 Å². The summed E-state index contributed by atoms with van der Waals surface area (Å²) in [5.41, 5.74) is 3.69. The third-order valence-electron chi connectivity index (χ3n) is 3.75. The highest BCUT2D eigenvalue weighted by molar-refractivity contribution is 5.37. The molecule has 0 aliphatic heterocycles. The fourth-order valence-corrected chi connectivity index (χ4v) is 2.23. The van der Waals surface area contributed by atoms with E-state index in [0.717, 1.165) is 17.9 Å². The number of nitrogens with one attached hydrogen (secondary N) is 1. The third-order valence-corrected chi connectivity index (χ3v) is 3.75. The molecular weight excluding hydrogens is 248 g/mol. The molecule has 1 aromatic heterocycles. The molecule has 3 rings (SSSR count). The average Bonchev–Trinajstić information content (AvgIpc) is 3.12. The molecule has 0 radical (unpaired) electrons. The quantitative estimate of drug-likeness (QED) is 0.929. The van der Waals surface area contributed by atoms with Crippen molar-refractivity contribution in [3.63, 3.8) is 0 Å². The van der Waals surface area contributed by atoms with Crippen molar-refractivity contribution in [2.24, 2.45) is 0 Å². The van der Waals surface area contributed by atoms with Gasteiger partial charge in [-0.2, -0.15) is 0 Å². The van der Waals surface area contributed by atoms with Crippen LogP contribution in [0.1, 0.15) is 44.9 Å². The molecule has 0 bridgehead atoms. The van der Waals surface area contributed by atoms with E-state index in [1.54, 1.807) is 0 Å². The van der Waals surface area contributed by atoms with Crippen LogP contribution in [-0.2, 0) is 12.0 Å². The molecule has 2 aromatic rings. The van der Waals surface area contributed by atoms with E-state index in [9.17, 15) is 0 Å². The van der Waals surface area contributed by atoms with E-state index in [1.165, 1.54) is 18.4 Å². The van der Waals surface area contributed by atoms with Gasteiger partial charge in [0.2, 0.25) is 0 Å². The van der Waals surface area contributed by atoms with Crippen molar-refractivity contribution in [1.29, 1.82) is 0 Å². The molecule has 0 amide bonds. The fraction of sp³-hybridized carbons (Fsp3) is 0.500. The van der Waals surface area contributed by atoms with E-state index in [4.69, 9.17) is 0 Å². The van der Waals surface area contributed by atoms with Gasteiger partial charge in [-0.15, -0.1) is 5.10 Å². The maximum Gasteiger partial charge on any atom is 0.0783 e. The SMILES string of the molecule is CC(C)(C)c1ccc(-n2nncc2CNC2CC2)cc1. The van der Waals surface area contributed by atoms with Gasteiger partial charge in [-0.1, -0.05) is 38.1 Å². The zero-order chi connectivity index (χ0) is 14.2. The summed E-state index contributed by atoms with van der Waals surface area (Å²) < 4.78 is 1.92. The van der Waals surface area contributed by atoms with Crippen molar-refractivity contribution in [3.8, 4) is 5.69 Å². The number of nitrogens with zero attached hydrogens (tertiary/aromatic N) is 3. The van der Waals surface area contributed by atoms with Gasteiger partial charge in [-0.05, 0) is 36.0 Å². The maximum atomic E-state index is 4.20. The molecule has 20 heavy (non-hydrogen) atoms. The summed E-state index contributed by atoms with van der Waals surface area (Å²) in [6.45, 7) is 7.51. The molecule has 1 aliphatic carbocycles. The van der Waals surface area contributed by atoms with Crippen molar-refractivity contribution in [2.45, 2.75) is 51.6 Å². The van der Waals surface area contributed by atoms with Crippen molar-refractivity contribution < 1.29 is 0 Å². The van der Waals surface area contributed by atoms with Crippen LogP contribution in [0, 0.1) is 0 Å². The van der Waals surface area contributed by atoms with Gasteiger partial charge in [-0.25, -0.2) is 4.68 Å². The van der Waals surface area contributed by atoms with Crippen LogP contribution in [0.15, 0.2) is 30.5 Å². The Labute approximate surface area is 120 Å². The van der Waals surface area contributed by atoms with E-state index in [-0.39, 0.29) is 5.41 Å². The molecule has 106 valence electrons. The second kappa shape index (κ2) is 5.02. The van der Waals surface area contributed by atoms with Crippen LogP contribution in [0.5, 0.6) is 0 Å². The predicted molar refractivity (Wildman–Crippen MR) is 79.9 cm³/mol. The minimum absolute atomic E-state index is 0.178. The zero-order valence-electron chi connectivity index (χ0n) is 12.4. The Balaban J connectivity index is 1.79. The summed E-state index contributed by atoms with van der Waals surface area (Å²) in [7, 11) is 0. The van der Waals surface area contributed by atoms with Gasteiger partial charge < -0.3 is 5.32 Å². The lowest BCUT2D eigenvalue weighted by molar-refractivity contribution is 0.589. The van der Waals surface area contributed by atoms with Crippen LogP contribution in [0.4, 0.5) is 0 Å². The van der Waals surface area contributed by atoms with E-state index in [2.05, 4.69) is 60.7 Å². The van der Waals surface area contributed by atoms with E-state index >= 15 is 0 Å². The predicted octanol–water partition coefficient (Wildman–Crippen LogP) is 2.82. The first-order valence-corrected chi connectivity index (χ1v) is 7.28. The average molecular weight is 270 g/mol. The Morgan fingerprint density at radius 3 is 2.50 bits per heavy atom. The monoisotopic (exact) mass is 270 g/mol. The molecule has 0 atom stereocenters. The molecule has 1 aromatic carbocycles. The number of hydrogen-bond donors (Lipinski definition) is 1. The summed E-state index contributed by atoms with van der Waals surface area (Å²) in [4.78, 5) is 0. The van der Waals surface area contributed by atoms with E-state index in [1.807, 2.05) is 10.9 Å². The van der Waals surface area contributed by atoms with Crippen LogP contribution >= 0.6 is 0 Å². The van der Waals surface area contributed by atoms with Gasteiger partial charge in [0, 0.05) is 12.6 Å². The topological polar surface area (TPSA) is 42.7 Å². The van der Waals surface area contributed by atoms with Crippen LogP contribution in [-0.4, -0.2) is 21.0 Å². The molecule has 0 unspecified atom stereocenters. The van der Waals surface area contributed by atoms with Gasteiger partial charge in [0.05, 0.1) is 17.6 Å². The second-order valence-corrected chi connectivity index (χ2v) is 6.59. The highest BCUT2D eigenvalue weighted by Crippen LogP contribution is 2.23. The maximum absolute atomic E-state index is 4.20. The lowest BCUT2D eigenvalue weighted by Crippen LogP contribution is -2.18. The van der Waals surface area contributed by atoms with Crippen molar-refractivity contribution in [2.75, 3.05) is 0 Å². The summed E-state index contributed by atoms with van der Waals surface area (Å²) in [6.07, 6.45) is 4.43. The first-order chi connectivity index (χ1) is 9.54. The fourth-order valence-electron chi connectivity index (χ4n) is 2.23. The van der Waals surface area contributed by atoms with Crippen molar-refractivity contribution in [3.05, 3.63) is 41.7 Å². The number of hydrogen-bond acceptors (Lipinski definition) is 3. The molecule has 4 nitrogen and oxygen atoms in total. The highest BCUT2D eigenvalue weighted by Gasteiger charge is 2.21. The van der Waals surface area contributed by atoms with Crippen molar-refractivity contribution >= 4 is 0 Å². The van der Waals surface area contributed by atoms with Gasteiger partial charge in [0.25, 0.3) is 0 Å². The summed E-state index contributed by atoms with van der Waals surface area (Å²) in [6, 6.07) is 9.29. The standard InChI is InChI=1S/C16H22N4/c1-16(2,3)12-4-8-14(9-5-12)20-15(11-18-19-20)10-17-13-6-7-13/h4-5,8-9,11,13,17H,6-7,10H2,1-3H3. The number of benzene rings is 1. The molecule has 1 heterocycles. The van der Waals surface area contributed by atoms with Crippen LogP contribution < -0.4 is 5.32 Å². The first-order valence-electron chi connectivity index (χ1n) is 7.28. The third kappa shape index (κ3) is 2.90. The van der Waals surface area contributed by atoms with E-state index in [0.29, 0.717) is 6.04 Å². The Bertz CT molecular complexity index is 573. The number of rotatable bonds is 4. The Kier molecular flexibility index (Phi) is 3.34. The molecule has 0 saturated heterocycles. The molecule has 1 fully saturated rings. The molecule has 1 N–H and O–H groups in total. The lowest BCUT2D eigenvalue weighted by Gasteiger charge is -2.19. The summed E-state index contributed by atoms with van der Waals surface area (Å²) in [5, 5.41) is 11.7. The summed E-state index contributed by atoms with van der Waals surface area (Å²) in [5.74, 6) is 0. The van der Waals surface area contributed by atoms with Crippen molar-refractivity contribution in [1.82, 2.24) is 20.3 Å². The van der Waals surface area contributed by atoms with Gasteiger partial charge in [0.1, 0.15) is 0 Å². The smallest absolute Gasteiger partial charge is 0.0783 e. The minimum Gasteiger partial charge on any atom is -0.308 e.